The van der Waals surface area contributed by atoms with Crippen molar-refractivity contribution >= 4 is 0 Å². The van der Waals surface area contributed by atoms with E-state index < -0.39 is 0 Å². The van der Waals surface area contributed by atoms with Crippen LogP contribution in [0.3, 0.4) is 0 Å². The monoisotopic (exact) mass is 376 g/mol. The maximum atomic E-state index is 3.26. The van der Waals surface area contributed by atoms with Gasteiger partial charge < -0.3 is 0 Å². The minimum absolute atomic E-state index is 0.945. The van der Waals surface area contributed by atoms with Crippen LogP contribution in [-0.2, 0) is 6.42 Å². The lowest BCUT2D eigenvalue weighted by Gasteiger charge is -2.04. The molecule has 3 aromatic rings. The lowest BCUT2D eigenvalue weighted by Crippen LogP contribution is -1.85. The van der Waals surface area contributed by atoms with Crippen LogP contribution in [0.2, 0.25) is 0 Å². The number of benzene rings is 3. The van der Waals surface area contributed by atoms with Crippen LogP contribution in [-0.4, -0.2) is 0 Å². The Balaban J connectivity index is 1.65. The van der Waals surface area contributed by atoms with Crippen LogP contribution in [0.15, 0.2) is 72.8 Å². The minimum Gasteiger partial charge on any atom is -0.0979 e. The van der Waals surface area contributed by atoms with Crippen LogP contribution >= 0.6 is 0 Å². The molecule has 0 saturated heterocycles. The fourth-order valence-electron chi connectivity index (χ4n) is 3.06. The van der Waals surface area contributed by atoms with E-state index in [0.717, 1.165) is 36.0 Å². The van der Waals surface area contributed by atoms with E-state index in [-0.39, 0.29) is 0 Å². The van der Waals surface area contributed by atoms with Gasteiger partial charge in [0.2, 0.25) is 0 Å². The molecule has 0 aliphatic carbocycles. The summed E-state index contributed by atoms with van der Waals surface area (Å²) in [7, 11) is 0. The van der Waals surface area contributed by atoms with Crippen LogP contribution in [0, 0.1) is 23.7 Å². The van der Waals surface area contributed by atoms with Gasteiger partial charge in [0.25, 0.3) is 0 Å². The molecule has 0 aliphatic rings. The average Bonchev–Trinajstić information content (AvgIpc) is 2.78. The van der Waals surface area contributed by atoms with Crippen molar-refractivity contribution in [2.45, 2.75) is 46.0 Å². The first-order valence-corrected chi connectivity index (χ1v) is 10.6. The largest absolute Gasteiger partial charge is 0.0979 e. The highest BCUT2D eigenvalue weighted by atomic mass is 14.0. The molecule has 0 unspecified atom stereocenters. The SMILES string of the molecule is CCCC#Cc1ccc(C#Cc2ccc(-c3ccc(CCCC)cc3)cc2)cc1. The molecule has 0 atom stereocenters. The molecule has 0 N–H and O–H groups in total. The molecule has 3 rings (SSSR count). The summed E-state index contributed by atoms with van der Waals surface area (Å²) in [5.41, 5.74) is 6.99. The van der Waals surface area contributed by atoms with E-state index in [2.05, 4.69) is 86.1 Å². The van der Waals surface area contributed by atoms with Gasteiger partial charge in [-0.1, -0.05) is 80.3 Å². The first-order chi connectivity index (χ1) is 14.3. The Morgan fingerprint density at radius 2 is 1.03 bits per heavy atom. The van der Waals surface area contributed by atoms with Gasteiger partial charge in [-0.15, -0.1) is 0 Å². The Morgan fingerprint density at radius 1 is 0.552 bits per heavy atom. The number of hydrogen-bond acceptors (Lipinski definition) is 0. The maximum Gasteiger partial charge on any atom is 0.0249 e. The predicted octanol–water partition coefficient (Wildman–Crippen LogP) is 7.25. The fourth-order valence-corrected chi connectivity index (χ4v) is 3.06. The first kappa shape index (κ1) is 20.5. The summed E-state index contributed by atoms with van der Waals surface area (Å²) in [4.78, 5) is 0. The summed E-state index contributed by atoms with van der Waals surface area (Å²) >= 11 is 0. The third kappa shape index (κ3) is 6.41. The van der Waals surface area contributed by atoms with Gasteiger partial charge in [0, 0.05) is 23.1 Å². The summed E-state index contributed by atoms with van der Waals surface area (Å²) in [6.45, 7) is 4.38. The molecule has 0 fully saturated rings. The maximum absolute atomic E-state index is 3.26. The van der Waals surface area contributed by atoms with E-state index in [0.29, 0.717) is 0 Å². The molecule has 29 heavy (non-hydrogen) atoms. The van der Waals surface area contributed by atoms with Gasteiger partial charge in [-0.25, -0.2) is 0 Å². The van der Waals surface area contributed by atoms with Crippen molar-refractivity contribution < 1.29 is 0 Å². The average molecular weight is 377 g/mol. The summed E-state index contributed by atoms with van der Waals surface area (Å²) in [5.74, 6) is 12.9. The van der Waals surface area contributed by atoms with Gasteiger partial charge in [0.1, 0.15) is 0 Å². The summed E-state index contributed by atoms with van der Waals surface area (Å²) in [6.07, 6.45) is 5.70. The number of aryl methyl sites for hydroxylation is 1. The quantitative estimate of drug-likeness (QED) is 0.411. The van der Waals surface area contributed by atoms with Gasteiger partial charge in [0.15, 0.2) is 0 Å². The van der Waals surface area contributed by atoms with E-state index in [9.17, 15) is 0 Å². The van der Waals surface area contributed by atoms with Gasteiger partial charge >= 0.3 is 0 Å². The molecule has 144 valence electrons. The van der Waals surface area contributed by atoms with Crippen molar-refractivity contribution in [3.05, 3.63) is 95.1 Å². The van der Waals surface area contributed by atoms with Gasteiger partial charge in [0.05, 0.1) is 0 Å². The van der Waals surface area contributed by atoms with Crippen LogP contribution in [0.1, 0.15) is 61.8 Å². The van der Waals surface area contributed by atoms with E-state index in [1.807, 2.05) is 24.3 Å². The normalized spacial score (nSPS) is 9.86. The van der Waals surface area contributed by atoms with E-state index in [1.54, 1.807) is 0 Å². The van der Waals surface area contributed by atoms with E-state index in [4.69, 9.17) is 0 Å². The summed E-state index contributed by atoms with van der Waals surface area (Å²) in [6, 6.07) is 25.6. The second-order valence-electron chi connectivity index (χ2n) is 7.26. The van der Waals surface area contributed by atoms with Crippen LogP contribution < -0.4 is 0 Å². The second-order valence-corrected chi connectivity index (χ2v) is 7.26. The molecule has 0 nitrogen and oxygen atoms in total. The van der Waals surface area contributed by atoms with Gasteiger partial charge in [-0.2, -0.15) is 0 Å². The van der Waals surface area contributed by atoms with Crippen LogP contribution in [0.25, 0.3) is 11.1 Å². The minimum atomic E-state index is 0.945. The third-order valence-electron chi connectivity index (χ3n) is 4.83. The molecule has 3 aromatic carbocycles. The van der Waals surface area contributed by atoms with E-state index >= 15 is 0 Å². The molecule has 0 heteroatoms. The van der Waals surface area contributed by atoms with Crippen molar-refractivity contribution in [2.75, 3.05) is 0 Å². The topological polar surface area (TPSA) is 0 Å². The standard InChI is InChI=1S/C29H28/c1-3-5-7-9-25-10-12-26(13-11-25)14-15-27-18-22-29(23-19-27)28-20-16-24(17-21-28)8-6-4-2/h10-13,16-23H,3-6,8H2,1-2H3. The number of unbranched alkanes of at least 4 members (excludes halogenated alkanes) is 2. The molecule has 0 saturated carbocycles. The molecule has 0 aromatic heterocycles. The molecule has 0 heterocycles. The van der Waals surface area contributed by atoms with Gasteiger partial charge in [-0.3, -0.25) is 0 Å². The van der Waals surface area contributed by atoms with Crippen molar-refractivity contribution in [3.8, 4) is 34.8 Å². The Kier molecular flexibility index (Phi) is 7.74. The van der Waals surface area contributed by atoms with Crippen LogP contribution in [0.4, 0.5) is 0 Å². The van der Waals surface area contributed by atoms with Crippen molar-refractivity contribution in [2.24, 2.45) is 0 Å². The first-order valence-electron chi connectivity index (χ1n) is 10.6. The molecule has 0 radical (unpaired) electrons. The second kappa shape index (κ2) is 10.9. The Bertz CT molecular complexity index is 1010. The van der Waals surface area contributed by atoms with Crippen LogP contribution in [0.5, 0.6) is 0 Å². The Morgan fingerprint density at radius 3 is 1.55 bits per heavy atom. The third-order valence-corrected chi connectivity index (χ3v) is 4.83. The van der Waals surface area contributed by atoms with E-state index in [1.165, 1.54) is 29.5 Å². The lowest BCUT2D eigenvalue weighted by molar-refractivity contribution is 0.795. The summed E-state index contributed by atoms with van der Waals surface area (Å²) in [5, 5.41) is 0. The molecular weight excluding hydrogens is 348 g/mol. The molecule has 0 aliphatic heterocycles. The lowest BCUT2D eigenvalue weighted by atomic mass is 10.0. The highest BCUT2D eigenvalue weighted by Gasteiger charge is 1.99. The van der Waals surface area contributed by atoms with Crippen molar-refractivity contribution in [1.29, 1.82) is 0 Å². The molecular formula is C29H28. The smallest absolute Gasteiger partial charge is 0.0249 e. The number of rotatable bonds is 5. The predicted molar refractivity (Wildman–Crippen MR) is 125 cm³/mol. The van der Waals surface area contributed by atoms with Crippen molar-refractivity contribution in [1.82, 2.24) is 0 Å². The Hall–Kier alpha value is -3.22. The zero-order chi connectivity index (χ0) is 20.3. The molecule has 0 amide bonds. The van der Waals surface area contributed by atoms with Crippen molar-refractivity contribution in [3.63, 3.8) is 0 Å². The molecule has 0 bridgehead atoms. The highest BCUT2D eigenvalue weighted by molar-refractivity contribution is 5.64. The Labute approximate surface area is 176 Å². The van der Waals surface area contributed by atoms with Gasteiger partial charge in [-0.05, 0) is 72.4 Å². The summed E-state index contributed by atoms with van der Waals surface area (Å²) < 4.78 is 0. The highest BCUT2D eigenvalue weighted by Crippen LogP contribution is 2.21. The molecule has 0 spiro atoms. The number of hydrogen-bond donors (Lipinski definition) is 0. The fraction of sp³-hybridized carbons (Fsp3) is 0.241. The zero-order valence-electron chi connectivity index (χ0n) is 17.5. The zero-order valence-corrected chi connectivity index (χ0v) is 17.5.